The molecule has 11 heteroatoms. The van der Waals surface area contributed by atoms with E-state index in [9.17, 15) is 28.1 Å². The number of aromatic nitrogens is 4. The maximum Gasteiger partial charge on any atom is 0.405 e. The van der Waals surface area contributed by atoms with Crippen molar-refractivity contribution >= 4 is 5.78 Å². The van der Waals surface area contributed by atoms with Gasteiger partial charge in [0.25, 0.3) is 0 Å². The van der Waals surface area contributed by atoms with Gasteiger partial charge in [-0.3, -0.25) is 14.9 Å². The summed E-state index contributed by atoms with van der Waals surface area (Å²) in [6.07, 6.45) is -6.14. The van der Waals surface area contributed by atoms with Crippen molar-refractivity contribution in [1.82, 2.24) is 20.2 Å². The van der Waals surface area contributed by atoms with Crippen LogP contribution in [0.4, 0.5) is 13.2 Å². The van der Waals surface area contributed by atoms with Crippen LogP contribution in [0, 0.1) is 44.7 Å². The van der Waals surface area contributed by atoms with Gasteiger partial charge in [0, 0.05) is 16.9 Å². The molecule has 0 fully saturated rings. The van der Waals surface area contributed by atoms with Gasteiger partial charge in [0.2, 0.25) is 6.54 Å². The van der Waals surface area contributed by atoms with Crippen LogP contribution >= 0.6 is 0 Å². The van der Waals surface area contributed by atoms with Crippen molar-refractivity contribution in [3.63, 3.8) is 0 Å². The molecule has 0 aliphatic rings. The first kappa shape index (κ1) is 25.0. The lowest BCUT2D eigenvalue weighted by atomic mass is 9.71. The van der Waals surface area contributed by atoms with Crippen molar-refractivity contribution in [2.75, 3.05) is 6.54 Å². The van der Waals surface area contributed by atoms with E-state index in [0.29, 0.717) is 22.6 Å². The first-order chi connectivity index (χ1) is 15.8. The highest BCUT2D eigenvalue weighted by Gasteiger charge is 2.61. The largest absolute Gasteiger partial charge is 0.405 e. The maximum atomic E-state index is 14.6. The number of hydrogen-bond acceptors (Lipinski definition) is 6. The highest BCUT2D eigenvalue weighted by molar-refractivity contribution is 5.97. The Hall–Kier alpha value is -3.63. The number of carbonyl (C=O) groups is 1. The first-order valence-electron chi connectivity index (χ1n) is 10.4. The molecule has 1 aromatic heterocycles. The van der Waals surface area contributed by atoms with Gasteiger partial charge in [0.05, 0.1) is 5.69 Å². The number of nitrogens with zero attached hydrogens (tertiary/aromatic N) is 5. The lowest BCUT2D eigenvalue weighted by molar-refractivity contribution is -0.501. The number of halogens is 3. The molecule has 0 amide bonds. The van der Waals surface area contributed by atoms with E-state index in [-0.39, 0.29) is 16.7 Å². The van der Waals surface area contributed by atoms with E-state index in [1.165, 1.54) is 42.1 Å². The van der Waals surface area contributed by atoms with Crippen LogP contribution in [-0.4, -0.2) is 43.6 Å². The molecule has 2 aromatic carbocycles. The fourth-order valence-electron chi connectivity index (χ4n) is 4.06. The van der Waals surface area contributed by atoms with E-state index in [0.717, 1.165) is 5.56 Å². The monoisotopic (exact) mass is 475 g/mol. The lowest BCUT2D eigenvalue weighted by Crippen LogP contribution is -2.50. The summed E-state index contributed by atoms with van der Waals surface area (Å²) in [6, 6.07) is 6.97. The van der Waals surface area contributed by atoms with Crippen molar-refractivity contribution in [1.29, 1.82) is 0 Å². The normalized spacial score (nSPS) is 13.5. The van der Waals surface area contributed by atoms with Crippen molar-refractivity contribution in [3.8, 4) is 5.69 Å². The number of rotatable bonds is 7. The van der Waals surface area contributed by atoms with E-state index in [2.05, 4.69) is 15.4 Å². The van der Waals surface area contributed by atoms with Crippen molar-refractivity contribution in [2.24, 2.45) is 0 Å². The molecule has 1 atom stereocenters. The van der Waals surface area contributed by atoms with Crippen LogP contribution in [0.15, 0.2) is 30.3 Å². The third-order valence-corrected chi connectivity index (χ3v) is 6.33. The zero-order chi connectivity index (χ0) is 25.4. The van der Waals surface area contributed by atoms with Gasteiger partial charge in [-0.2, -0.15) is 13.2 Å². The summed E-state index contributed by atoms with van der Waals surface area (Å²) >= 11 is 0. The van der Waals surface area contributed by atoms with Crippen molar-refractivity contribution < 1.29 is 22.9 Å². The number of tetrazole rings is 1. The standard InChI is InChI=1S/C23H24F3N5O3/c1-13-10-20(16(4)15(3)14(13)2)22(12-30(33)34,23(24,25)26)11-21(32)18-6-8-19(9-7-18)31-28-17(5)27-29-31/h6-10H,11-12H2,1-5H3. The fraction of sp³-hybridized carbons (Fsp3) is 0.391. The third-order valence-electron chi connectivity index (χ3n) is 6.33. The number of ketones is 1. The van der Waals surface area contributed by atoms with Crippen LogP contribution in [0.2, 0.25) is 0 Å². The molecule has 3 rings (SSSR count). The predicted octanol–water partition coefficient (Wildman–Crippen LogP) is 4.55. The summed E-state index contributed by atoms with van der Waals surface area (Å²) < 4.78 is 43.9. The average Bonchev–Trinajstić information content (AvgIpc) is 3.19. The lowest BCUT2D eigenvalue weighted by Gasteiger charge is -2.34. The topological polar surface area (TPSA) is 104 Å². The van der Waals surface area contributed by atoms with Crippen molar-refractivity contribution in [3.05, 3.63) is 79.7 Å². The van der Waals surface area contributed by atoms with E-state index < -0.39 is 35.3 Å². The molecule has 0 aliphatic heterocycles. The third kappa shape index (κ3) is 4.55. The molecule has 1 heterocycles. The van der Waals surface area contributed by atoms with Gasteiger partial charge in [-0.15, -0.1) is 15.0 Å². The molecular weight excluding hydrogens is 451 g/mol. The highest BCUT2D eigenvalue weighted by atomic mass is 19.4. The summed E-state index contributed by atoms with van der Waals surface area (Å²) in [4.78, 5) is 24.8. The number of alkyl halides is 3. The van der Waals surface area contributed by atoms with Gasteiger partial charge in [-0.1, -0.05) is 6.07 Å². The summed E-state index contributed by atoms with van der Waals surface area (Å²) in [7, 11) is 0. The Balaban J connectivity index is 2.09. The van der Waals surface area contributed by atoms with Crippen LogP contribution in [0.1, 0.15) is 50.4 Å². The minimum atomic E-state index is -5.04. The molecule has 0 saturated heterocycles. The van der Waals surface area contributed by atoms with E-state index in [1.54, 1.807) is 27.7 Å². The van der Waals surface area contributed by atoms with Crippen LogP contribution in [0.3, 0.4) is 0 Å². The second-order valence-electron chi connectivity index (χ2n) is 8.46. The molecule has 34 heavy (non-hydrogen) atoms. The van der Waals surface area contributed by atoms with Crippen LogP contribution < -0.4 is 0 Å². The van der Waals surface area contributed by atoms with Crippen LogP contribution in [0.5, 0.6) is 0 Å². The number of aryl methyl sites for hydroxylation is 2. The molecule has 0 spiro atoms. The summed E-state index contributed by atoms with van der Waals surface area (Å²) in [5.74, 6) is -0.433. The van der Waals surface area contributed by atoms with Gasteiger partial charge in [0.15, 0.2) is 17.0 Å². The number of Topliss-reactive ketones (excluding diaryl/α,β-unsaturated/α-hetero) is 1. The minimum absolute atomic E-state index is 0.00392. The Bertz CT molecular complexity index is 1250. The van der Waals surface area contributed by atoms with Gasteiger partial charge in [-0.25, -0.2) is 0 Å². The molecule has 1 unspecified atom stereocenters. The average molecular weight is 475 g/mol. The molecule has 180 valence electrons. The zero-order valence-corrected chi connectivity index (χ0v) is 19.4. The smallest absolute Gasteiger partial charge is 0.294 e. The second-order valence-corrected chi connectivity index (χ2v) is 8.46. The van der Waals surface area contributed by atoms with Gasteiger partial charge < -0.3 is 0 Å². The molecule has 0 radical (unpaired) electrons. The first-order valence-corrected chi connectivity index (χ1v) is 10.4. The molecule has 0 saturated carbocycles. The Morgan fingerprint density at radius 2 is 1.65 bits per heavy atom. The number of benzene rings is 2. The van der Waals surface area contributed by atoms with Gasteiger partial charge >= 0.3 is 6.18 Å². The Labute approximate surface area is 193 Å². The number of nitro groups is 1. The molecule has 0 N–H and O–H groups in total. The number of hydrogen-bond donors (Lipinski definition) is 0. The van der Waals surface area contributed by atoms with E-state index in [1.807, 2.05) is 0 Å². The van der Waals surface area contributed by atoms with E-state index in [4.69, 9.17) is 0 Å². The Morgan fingerprint density at radius 3 is 2.15 bits per heavy atom. The maximum absolute atomic E-state index is 14.6. The number of carbonyl (C=O) groups excluding carboxylic acids is 1. The molecular formula is C23H24F3N5O3. The van der Waals surface area contributed by atoms with Crippen LogP contribution in [0.25, 0.3) is 5.69 Å². The fourth-order valence-corrected chi connectivity index (χ4v) is 4.06. The highest BCUT2D eigenvalue weighted by Crippen LogP contribution is 2.47. The minimum Gasteiger partial charge on any atom is -0.294 e. The molecule has 0 aliphatic carbocycles. The molecule has 0 bridgehead atoms. The summed E-state index contributed by atoms with van der Waals surface area (Å²) in [5, 5.41) is 23.1. The Kier molecular flexibility index (Phi) is 6.59. The van der Waals surface area contributed by atoms with E-state index >= 15 is 0 Å². The quantitative estimate of drug-likeness (QED) is 0.282. The summed E-state index contributed by atoms with van der Waals surface area (Å²) in [5.41, 5.74) is -0.493. The Morgan fingerprint density at radius 1 is 1.03 bits per heavy atom. The van der Waals surface area contributed by atoms with Gasteiger partial charge in [-0.05, 0) is 91.9 Å². The predicted molar refractivity (Wildman–Crippen MR) is 118 cm³/mol. The summed E-state index contributed by atoms with van der Waals surface area (Å²) in [6.45, 7) is 6.80. The zero-order valence-electron chi connectivity index (χ0n) is 19.4. The van der Waals surface area contributed by atoms with Crippen molar-refractivity contribution in [2.45, 2.75) is 52.6 Å². The molecule has 8 nitrogen and oxygen atoms in total. The SMILES string of the molecule is Cc1nnn(-c2ccc(C(=O)CC(C[N+](=O)[O-])(c3cc(C)c(C)c(C)c3C)C(F)(F)F)cc2)n1. The second kappa shape index (κ2) is 8.96. The van der Waals surface area contributed by atoms with Crippen LogP contribution in [-0.2, 0) is 5.41 Å². The van der Waals surface area contributed by atoms with Gasteiger partial charge in [0.1, 0.15) is 0 Å². The molecule has 3 aromatic rings.